The zero-order valence-corrected chi connectivity index (χ0v) is 12.8. The molecule has 0 atom stereocenters. The Bertz CT molecular complexity index is 666. The summed E-state index contributed by atoms with van der Waals surface area (Å²) < 4.78 is 1.05. The van der Waals surface area contributed by atoms with E-state index in [1.54, 1.807) is 11.3 Å². The lowest BCUT2D eigenvalue weighted by atomic mass is 10.2. The van der Waals surface area contributed by atoms with E-state index in [0.29, 0.717) is 5.92 Å². The Morgan fingerprint density at radius 3 is 2.81 bits per heavy atom. The minimum Gasteiger partial charge on any atom is -0.352 e. The van der Waals surface area contributed by atoms with Crippen LogP contribution in [0.2, 0.25) is 0 Å². The molecule has 0 aliphatic rings. The Morgan fingerprint density at radius 2 is 2.14 bits per heavy atom. The summed E-state index contributed by atoms with van der Waals surface area (Å²) in [7, 11) is 0. The molecule has 3 amide bonds. The minimum atomic E-state index is -0.630. The maximum atomic E-state index is 11.7. The number of rotatable bonds is 5. The van der Waals surface area contributed by atoms with Crippen LogP contribution in [0.4, 0.5) is 10.5 Å². The van der Waals surface area contributed by atoms with Crippen molar-refractivity contribution < 1.29 is 9.59 Å². The molecule has 0 unspecified atom stereocenters. The number of anilines is 1. The van der Waals surface area contributed by atoms with Gasteiger partial charge in [0.25, 0.3) is 0 Å². The molecule has 1 aromatic heterocycles. The molecule has 1 heterocycles. The predicted molar refractivity (Wildman–Crippen MR) is 84.5 cm³/mol. The number of hydrogen-bond donors (Lipinski definition) is 3. The van der Waals surface area contributed by atoms with Crippen molar-refractivity contribution in [1.29, 1.82) is 0 Å². The number of benzene rings is 1. The molecule has 0 saturated heterocycles. The number of fused-ring (bicyclic) bond motifs is 1. The summed E-state index contributed by atoms with van der Waals surface area (Å²) in [6.07, 6.45) is 0.181. The van der Waals surface area contributed by atoms with Crippen molar-refractivity contribution in [3.63, 3.8) is 0 Å². The van der Waals surface area contributed by atoms with E-state index in [2.05, 4.69) is 29.5 Å². The quantitative estimate of drug-likeness (QED) is 0.791. The Morgan fingerprint density at radius 1 is 1.38 bits per heavy atom. The van der Waals surface area contributed by atoms with Gasteiger partial charge in [0.05, 0.1) is 15.2 Å². The highest BCUT2D eigenvalue weighted by Crippen LogP contribution is 2.29. The number of urea groups is 1. The summed E-state index contributed by atoms with van der Waals surface area (Å²) >= 11 is 1.63. The average Bonchev–Trinajstić information content (AvgIpc) is 2.81. The Hall–Kier alpha value is -2.15. The van der Waals surface area contributed by atoms with E-state index in [9.17, 15) is 9.59 Å². The number of nitrogens with one attached hydrogen (secondary N) is 2. The summed E-state index contributed by atoms with van der Waals surface area (Å²) in [6.45, 7) is 4.43. The average molecular weight is 306 g/mol. The first-order chi connectivity index (χ1) is 9.95. The van der Waals surface area contributed by atoms with Gasteiger partial charge in [-0.15, -0.1) is 11.3 Å². The second-order valence-corrected chi connectivity index (χ2v) is 6.04. The summed E-state index contributed by atoms with van der Waals surface area (Å²) in [6, 6.07) is 5.01. The fourth-order valence-electron chi connectivity index (χ4n) is 1.79. The molecule has 1 aromatic carbocycles. The fourth-order valence-corrected chi connectivity index (χ4v) is 2.80. The molecule has 0 spiro atoms. The van der Waals surface area contributed by atoms with E-state index in [4.69, 9.17) is 5.73 Å². The van der Waals surface area contributed by atoms with E-state index in [1.807, 2.05) is 18.2 Å². The zero-order chi connectivity index (χ0) is 15.4. The number of amides is 3. The molecule has 0 bridgehead atoms. The predicted octanol–water partition coefficient (Wildman–Crippen LogP) is 2.42. The van der Waals surface area contributed by atoms with Gasteiger partial charge in [-0.05, 0) is 18.2 Å². The fraction of sp³-hybridized carbons (Fsp3) is 0.357. The van der Waals surface area contributed by atoms with E-state index >= 15 is 0 Å². The first-order valence-corrected chi connectivity index (χ1v) is 7.51. The minimum absolute atomic E-state index is 0.170. The highest BCUT2D eigenvalue weighted by molar-refractivity contribution is 7.18. The number of carbonyl (C=O) groups excluding carboxylic acids is 2. The van der Waals surface area contributed by atoms with Gasteiger partial charge in [0.15, 0.2) is 0 Å². The number of thiazole rings is 1. The molecule has 4 N–H and O–H groups in total. The van der Waals surface area contributed by atoms with Gasteiger partial charge < -0.3 is 16.4 Å². The van der Waals surface area contributed by atoms with Gasteiger partial charge in [-0.1, -0.05) is 13.8 Å². The number of carbonyl (C=O) groups is 2. The highest BCUT2D eigenvalue weighted by atomic mass is 32.1. The van der Waals surface area contributed by atoms with Crippen molar-refractivity contribution in [3.05, 3.63) is 23.2 Å². The smallest absolute Gasteiger partial charge is 0.312 e. The zero-order valence-electron chi connectivity index (χ0n) is 12.0. The molecule has 112 valence electrons. The van der Waals surface area contributed by atoms with Gasteiger partial charge in [0, 0.05) is 24.6 Å². The molecule has 0 saturated carbocycles. The van der Waals surface area contributed by atoms with Crippen LogP contribution in [0.5, 0.6) is 0 Å². The van der Waals surface area contributed by atoms with Crippen LogP contribution in [0, 0.1) is 0 Å². The molecule has 0 aliphatic carbocycles. The van der Waals surface area contributed by atoms with Crippen LogP contribution in [-0.2, 0) is 4.79 Å². The second-order valence-electron chi connectivity index (χ2n) is 4.98. The number of nitrogens with two attached hydrogens (primary N) is 1. The van der Waals surface area contributed by atoms with Gasteiger partial charge >= 0.3 is 6.03 Å². The van der Waals surface area contributed by atoms with Crippen molar-refractivity contribution in [2.24, 2.45) is 5.73 Å². The molecule has 6 nitrogen and oxygen atoms in total. The van der Waals surface area contributed by atoms with Crippen LogP contribution in [0.1, 0.15) is 31.2 Å². The van der Waals surface area contributed by atoms with Crippen LogP contribution >= 0.6 is 11.3 Å². The van der Waals surface area contributed by atoms with Crippen molar-refractivity contribution in [2.45, 2.75) is 26.2 Å². The molecule has 2 rings (SSSR count). The molecule has 2 aromatic rings. The molecular weight excluding hydrogens is 288 g/mol. The Kier molecular flexibility index (Phi) is 4.74. The first kappa shape index (κ1) is 15.2. The number of primary amides is 1. The van der Waals surface area contributed by atoms with Crippen molar-refractivity contribution in [3.8, 4) is 0 Å². The monoisotopic (exact) mass is 306 g/mol. The van der Waals surface area contributed by atoms with Gasteiger partial charge in [0.2, 0.25) is 5.91 Å². The largest absolute Gasteiger partial charge is 0.352 e. The van der Waals surface area contributed by atoms with E-state index in [0.717, 1.165) is 20.9 Å². The van der Waals surface area contributed by atoms with Crippen LogP contribution in [0.15, 0.2) is 18.2 Å². The lowest BCUT2D eigenvalue weighted by Gasteiger charge is -2.05. The third kappa shape index (κ3) is 4.16. The molecular formula is C14H18N4O2S. The van der Waals surface area contributed by atoms with Crippen molar-refractivity contribution >= 4 is 39.2 Å². The van der Waals surface area contributed by atoms with Gasteiger partial charge in [-0.25, -0.2) is 9.78 Å². The van der Waals surface area contributed by atoms with Crippen LogP contribution in [0.25, 0.3) is 10.2 Å². The number of hydrogen-bond acceptors (Lipinski definition) is 4. The van der Waals surface area contributed by atoms with Crippen molar-refractivity contribution in [1.82, 2.24) is 10.3 Å². The van der Waals surface area contributed by atoms with Gasteiger partial charge in [0.1, 0.15) is 0 Å². The second kappa shape index (κ2) is 6.53. The van der Waals surface area contributed by atoms with E-state index in [-0.39, 0.29) is 18.9 Å². The van der Waals surface area contributed by atoms with Crippen LogP contribution < -0.4 is 16.4 Å². The van der Waals surface area contributed by atoms with Crippen LogP contribution in [-0.4, -0.2) is 23.5 Å². The van der Waals surface area contributed by atoms with E-state index < -0.39 is 6.03 Å². The maximum Gasteiger partial charge on any atom is 0.312 e. The molecule has 7 heteroatoms. The molecule has 21 heavy (non-hydrogen) atoms. The summed E-state index contributed by atoms with van der Waals surface area (Å²) in [5, 5.41) is 6.25. The van der Waals surface area contributed by atoms with Gasteiger partial charge in [-0.2, -0.15) is 0 Å². The number of nitrogens with zero attached hydrogens (tertiary/aromatic N) is 1. The highest BCUT2D eigenvalue weighted by Gasteiger charge is 2.09. The maximum absolute atomic E-state index is 11.7. The SMILES string of the molecule is CC(C)c1nc2ccc(NC(=O)CCNC(N)=O)cc2s1. The van der Waals surface area contributed by atoms with Crippen molar-refractivity contribution in [2.75, 3.05) is 11.9 Å². The molecule has 0 radical (unpaired) electrons. The third-order valence-corrected chi connectivity index (χ3v) is 4.15. The summed E-state index contributed by atoms with van der Waals surface area (Å²) in [5.74, 6) is 0.219. The molecule has 0 aliphatic heterocycles. The van der Waals surface area contributed by atoms with Crippen LogP contribution in [0.3, 0.4) is 0 Å². The third-order valence-electron chi connectivity index (χ3n) is 2.83. The Labute approximate surface area is 126 Å². The summed E-state index contributed by atoms with van der Waals surface area (Å²) in [4.78, 5) is 26.8. The lowest BCUT2D eigenvalue weighted by molar-refractivity contribution is -0.116. The topological polar surface area (TPSA) is 97.1 Å². The number of aromatic nitrogens is 1. The Balaban J connectivity index is 2.02. The van der Waals surface area contributed by atoms with E-state index in [1.165, 1.54) is 0 Å². The summed E-state index contributed by atoms with van der Waals surface area (Å²) in [5.41, 5.74) is 6.60. The normalized spacial score (nSPS) is 10.8. The van der Waals surface area contributed by atoms with Gasteiger partial charge in [-0.3, -0.25) is 4.79 Å². The standard InChI is InChI=1S/C14H18N4O2S/c1-8(2)13-18-10-4-3-9(7-11(10)21-13)17-12(19)5-6-16-14(15)20/h3-4,7-8H,5-6H2,1-2H3,(H,17,19)(H3,15,16,20). The lowest BCUT2D eigenvalue weighted by Crippen LogP contribution is -2.32. The first-order valence-electron chi connectivity index (χ1n) is 6.69. The molecule has 0 fully saturated rings.